The second-order valence-corrected chi connectivity index (χ2v) is 6.30. The Morgan fingerprint density at radius 1 is 1.21 bits per heavy atom. The third-order valence-corrected chi connectivity index (χ3v) is 4.31. The average Bonchev–Trinajstić information content (AvgIpc) is 3.22. The molecular formula is C19H17N7O3. The Bertz CT molecular complexity index is 1220. The Morgan fingerprint density at radius 3 is 2.86 bits per heavy atom. The van der Waals surface area contributed by atoms with E-state index < -0.39 is 0 Å². The maximum Gasteiger partial charge on any atom is 0.340 e. The van der Waals surface area contributed by atoms with Crippen molar-refractivity contribution in [3.05, 3.63) is 65.0 Å². The van der Waals surface area contributed by atoms with Crippen LogP contribution in [0.2, 0.25) is 0 Å². The normalized spacial score (nSPS) is 10.8. The van der Waals surface area contributed by atoms with Gasteiger partial charge in [0.05, 0.1) is 17.2 Å². The van der Waals surface area contributed by atoms with Gasteiger partial charge in [0.2, 0.25) is 11.7 Å². The number of carbonyl (C=O) groups is 1. The minimum atomic E-state index is -0.343. The molecule has 0 spiro atoms. The summed E-state index contributed by atoms with van der Waals surface area (Å²) in [5.41, 5.74) is 7.18. The molecule has 0 aliphatic carbocycles. The largest absolute Gasteiger partial charge is 0.340 e. The van der Waals surface area contributed by atoms with Crippen LogP contribution in [-0.4, -0.2) is 30.6 Å². The number of aryl methyl sites for hydroxylation is 2. The zero-order valence-corrected chi connectivity index (χ0v) is 15.5. The number of rotatable bonds is 6. The molecule has 0 bridgehead atoms. The van der Waals surface area contributed by atoms with Crippen molar-refractivity contribution in [1.82, 2.24) is 30.1 Å². The molecule has 1 aromatic carbocycles. The van der Waals surface area contributed by atoms with Gasteiger partial charge in [0, 0.05) is 30.9 Å². The SMILES string of the molecule is Cc1cccc2c(=O)n(CCC(=O)NNc3nc(-c4ccncc4)no3)cnc12. The number of benzene rings is 1. The smallest absolute Gasteiger partial charge is 0.313 e. The summed E-state index contributed by atoms with van der Waals surface area (Å²) in [5, 5.41) is 4.35. The van der Waals surface area contributed by atoms with Crippen LogP contribution in [0.15, 0.2) is 58.4 Å². The van der Waals surface area contributed by atoms with Crippen LogP contribution in [-0.2, 0) is 11.3 Å². The second-order valence-electron chi connectivity index (χ2n) is 6.30. The standard InChI is InChI=1S/C19H17N7O3/c1-12-3-2-4-14-16(12)21-11-26(18(14)28)10-7-15(27)23-24-19-22-17(25-29-19)13-5-8-20-9-6-13/h2-6,8-9,11H,7,10H2,1H3,(H,23,27)(H,22,24,25). The van der Waals surface area contributed by atoms with E-state index in [-0.39, 0.29) is 30.4 Å². The molecular weight excluding hydrogens is 374 g/mol. The average molecular weight is 391 g/mol. The number of hydrazine groups is 1. The molecule has 2 N–H and O–H groups in total. The summed E-state index contributed by atoms with van der Waals surface area (Å²) in [6, 6.07) is 8.97. The zero-order valence-electron chi connectivity index (χ0n) is 15.5. The molecule has 0 saturated carbocycles. The highest BCUT2D eigenvalue weighted by atomic mass is 16.5. The highest BCUT2D eigenvalue weighted by molar-refractivity contribution is 5.80. The highest BCUT2D eigenvalue weighted by Crippen LogP contribution is 2.15. The summed E-state index contributed by atoms with van der Waals surface area (Å²) >= 11 is 0. The van der Waals surface area contributed by atoms with Crippen LogP contribution >= 0.6 is 0 Å². The van der Waals surface area contributed by atoms with Gasteiger partial charge < -0.3 is 4.52 Å². The van der Waals surface area contributed by atoms with Gasteiger partial charge in [-0.05, 0) is 30.7 Å². The van der Waals surface area contributed by atoms with Crippen molar-refractivity contribution >= 4 is 22.8 Å². The van der Waals surface area contributed by atoms with E-state index in [1.54, 1.807) is 30.6 Å². The summed E-state index contributed by atoms with van der Waals surface area (Å²) in [4.78, 5) is 37.0. The van der Waals surface area contributed by atoms with Gasteiger partial charge in [0.1, 0.15) is 0 Å². The summed E-state index contributed by atoms with van der Waals surface area (Å²) in [6.07, 6.45) is 4.76. The first-order valence-electron chi connectivity index (χ1n) is 8.85. The molecule has 1 amide bonds. The van der Waals surface area contributed by atoms with Crippen molar-refractivity contribution in [3.63, 3.8) is 0 Å². The van der Waals surface area contributed by atoms with Crippen LogP contribution in [0, 0.1) is 6.92 Å². The molecule has 0 radical (unpaired) electrons. The molecule has 0 aliphatic rings. The predicted molar refractivity (Wildman–Crippen MR) is 105 cm³/mol. The van der Waals surface area contributed by atoms with E-state index in [0.29, 0.717) is 16.7 Å². The number of para-hydroxylation sites is 1. The number of hydrogen-bond acceptors (Lipinski definition) is 8. The Labute approximate surface area is 164 Å². The summed E-state index contributed by atoms with van der Waals surface area (Å²) < 4.78 is 6.45. The lowest BCUT2D eigenvalue weighted by Gasteiger charge is -2.08. The van der Waals surface area contributed by atoms with E-state index in [2.05, 4.69) is 31.0 Å². The van der Waals surface area contributed by atoms with E-state index >= 15 is 0 Å². The highest BCUT2D eigenvalue weighted by Gasteiger charge is 2.10. The topological polar surface area (TPSA) is 128 Å². The van der Waals surface area contributed by atoms with Crippen molar-refractivity contribution in [2.75, 3.05) is 5.43 Å². The van der Waals surface area contributed by atoms with Crippen LogP contribution in [0.3, 0.4) is 0 Å². The lowest BCUT2D eigenvalue weighted by molar-refractivity contribution is -0.120. The molecule has 3 aromatic heterocycles. The fourth-order valence-corrected chi connectivity index (χ4v) is 2.80. The van der Waals surface area contributed by atoms with E-state index in [1.807, 2.05) is 19.1 Å². The fraction of sp³-hybridized carbons (Fsp3) is 0.158. The number of fused-ring (bicyclic) bond motifs is 1. The molecule has 4 rings (SSSR count). The fourth-order valence-electron chi connectivity index (χ4n) is 2.80. The molecule has 0 atom stereocenters. The summed E-state index contributed by atoms with van der Waals surface area (Å²) in [7, 11) is 0. The molecule has 3 heterocycles. The van der Waals surface area contributed by atoms with E-state index in [1.165, 1.54) is 10.9 Å². The minimum Gasteiger partial charge on any atom is -0.313 e. The van der Waals surface area contributed by atoms with Crippen molar-refractivity contribution in [2.45, 2.75) is 19.9 Å². The van der Waals surface area contributed by atoms with Gasteiger partial charge in [-0.25, -0.2) is 10.4 Å². The number of nitrogens with zero attached hydrogens (tertiary/aromatic N) is 5. The molecule has 29 heavy (non-hydrogen) atoms. The van der Waals surface area contributed by atoms with Crippen LogP contribution in [0.4, 0.5) is 6.01 Å². The summed E-state index contributed by atoms with van der Waals surface area (Å²) in [6.45, 7) is 2.09. The number of pyridine rings is 1. The van der Waals surface area contributed by atoms with Crippen LogP contribution in [0.25, 0.3) is 22.3 Å². The number of hydrogen-bond donors (Lipinski definition) is 2. The maximum atomic E-state index is 12.5. The number of carbonyl (C=O) groups excluding carboxylic acids is 1. The molecule has 0 saturated heterocycles. The molecule has 0 unspecified atom stereocenters. The number of anilines is 1. The number of aromatic nitrogens is 5. The molecule has 10 nitrogen and oxygen atoms in total. The molecule has 0 aliphatic heterocycles. The van der Waals surface area contributed by atoms with Gasteiger partial charge in [-0.3, -0.25) is 24.6 Å². The Morgan fingerprint density at radius 2 is 2.03 bits per heavy atom. The van der Waals surface area contributed by atoms with Gasteiger partial charge in [-0.15, -0.1) is 0 Å². The first kappa shape index (κ1) is 18.3. The minimum absolute atomic E-state index is 0.0465. The Balaban J connectivity index is 1.35. The first-order chi connectivity index (χ1) is 14.1. The molecule has 146 valence electrons. The van der Waals surface area contributed by atoms with E-state index in [9.17, 15) is 9.59 Å². The van der Waals surface area contributed by atoms with Crippen molar-refractivity contribution in [3.8, 4) is 11.4 Å². The third kappa shape index (κ3) is 3.95. The second kappa shape index (κ2) is 7.89. The van der Waals surface area contributed by atoms with Crippen molar-refractivity contribution in [2.24, 2.45) is 0 Å². The third-order valence-electron chi connectivity index (χ3n) is 4.31. The Kier molecular flexibility index (Phi) is 4.97. The first-order valence-corrected chi connectivity index (χ1v) is 8.85. The van der Waals surface area contributed by atoms with Crippen LogP contribution < -0.4 is 16.4 Å². The quantitative estimate of drug-likeness (QED) is 0.475. The lowest BCUT2D eigenvalue weighted by atomic mass is 10.1. The number of amides is 1. The van der Waals surface area contributed by atoms with Crippen LogP contribution in [0.5, 0.6) is 0 Å². The van der Waals surface area contributed by atoms with E-state index in [0.717, 1.165) is 11.1 Å². The van der Waals surface area contributed by atoms with E-state index in [4.69, 9.17) is 4.52 Å². The van der Waals surface area contributed by atoms with Gasteiger partial charge in [0.15, 0.2) is 0 Å². The number of nitrogens with one attached hydrogen (secondary N) is 2. The molecule has 4 aromatic rings. The molecule has 10 heteroatoms. The molecule has 0 fully saturated rings. The van der Waals surface area contributed by atoms with Crippen molar-refractivity contribution in [1.29, 1.82) is 0 Å². The summed E-state index contributed by atoms with van der Waals surface area (Å²) in [5.74, 6) is 0.0260. The van der Waals surface area contributed by atoms with Crippen molar-refractivity contribution < 1.29 is 9.32 Å². The Hall–Kier alpha value is -4.08. The monoisotopic (exact) mass is 391 g/mol. The zero-order chi connectivity index (χ0) is 20.2. The van der Waals surface area contributed by atoms with Crippen LogP contribution in [0.1, 0.15) is 12.0 Å². The lowest BCUT2D eigenvalue weighted by Crippen LogP contribution is -2.31. The van der Waals surface area contributed by atoms with Gasteiger partial charge in [0.25, 0.3) is 5.56 Å². The maximum absolute atomic E-state index is 12.5. The van der Waals surface area contributed by atoms with Gasteiger partial charge >= 0.3 is 6.01 Å². The predicted octanol–water partition coefficient (Wildman–Crippen LogP) is 1.68. The van der Waals surface area contributed by atoms with Gasteiger partial charge in [-0.1, -0.05) is 17.3 Å². The van der Waals surface area contributed by atoms with Gasteiger partial charge in [-0.2, -0.15) is 4.98 Å².